The van der Waals surface area contributed by atoms with Crippen LogP contribution in [0.25, 0.3) is 5.69 Å². The predicted molar refractivity (Wildman–Crippen MR) is 88.9 cm³/mol. The van der Waals surface area contributed by atoms with E-state index in [-0.39, 0.29) is 5.78 Å². The summed E-state index contributed by atoms with van der Waals surface area (Å²) in [6, 6.07) is 12.1. The van der Waals surface area contributed by atoms with Crippen molar-refractivity contribution in [2.45, 2.75) is 13.8 Å². The fourth-order valence-corrected chi connectivity index (χ4v) is 2.68. The summed E-state index contributed by atoms with van der Waals surface area (Å²) < 4.78 is 7.17. The van der Waals surface area contributed by atoms with Gasteiger partial charge in [-0.15, -0.1) is 0 Å². The maximum atomic E-state index is 12.5. The Morgan fingerprint density at radius 3 is 2.55 bits per heavy atom. The first-order chi connectivity index (χ1) is 10.5. The van der Waals surface area contributed by atoms with Crippen LogP contribution in [0.5, 0.6) is 0 Å². The lowest BCUT2D eigenvalue weighted by molar-refractivity contribution is 0.0922. The summed E-state index contributed by atoms with van der Waals surface area (Å²) in [7, 11) is 3.61. The molecule has 0 bridgehead atoms. The van der Waals surface area contributed by atoms with Gasteiger partial charge in [0, 0.05) is 36.3 Å². The van der Waals surface area contributed by atoms with E-state index in [1.54, 1.807) is 7.11 Å². The van der Waals surface area contributed by atoms with Crippen LogP contribution in [0.3, 0.4) is 0 Å². The van der Waals surface area contributed by atoms with Gasteiger partial charge in [-0.05, 0) is 39.1 Å². The van der Waals surface area contributed by atoms with Crippen molar-refractivity contribution >= 4 is 5.78 Å². The Morgan fingerprint density at radius 2 is 1.91 bits per heavy atom. The molecule has 0 N–H and O–H groups in total. The van der Waals surface area contributed by atoms with Gasteiger partial charge in [0.2, 0.25) is 0 Å². The van der Waals surface area contributed by atoms with E-state index >= 15 is 0 Å². The number of hydrogen-bond acceptors (Lipinski definition) is 3. The van der Waals surface area contributed by atoms with Gasteiger partial charge in [0.05, 0.1) is 13.2 Å². The molecular weight excluding hydrogens is 276 g/mol. The third-order valence-corrected chi connectivity index (χ3v) is 3.84. The molecule has 2 rings (SSSR count). The second-order valence-corrected chi connectivity index (χ2v) is 5.61. The van der Waals surface area contributed by atoms with Crippen molar-refractivity contribution in [2.75, 3.05) is 33.9 Å². The van der Waals surface area contributed by atoms with Crippen molar-refractivity contribution in [3.63, 3.8) is 0 Å². The van der Waals surface area contributed by atoms with Gasteiger partial charge in [0.1, 0.15) is 0 Å². The van der Waals surface area contributed by atoms with Crippen LogP contribution < -0.4 is 0 Å². The minimum atomic E-state index is 0.147. The van der Waals surface area contributed by atoms with Gasteiger partial charge in [-0.2, -0.15) is 0 Å². The number of ketones is 1. The van der Waals surface area contributed by atoms with Crippen LogP contribution in [0.2, 0.25) is 0 Å². The monoisotopic (exact) mass is 300 g/mol. The summed E-state index contributed by atoms with van der Waals surface area (Å²) in [5.74, 6) is 0.147. The van der Waals surface area contributed by atoms with Crippen LogP contribution >= 0.6 is 0 Å². The Balaban J connectivity index is 2.21. The predicted octanol–water partition coefficient (Wildman–Crippen LogP) is 2.86. The van der Waals surface area contributed by atoms with Gasteiger partial charge in [-0.1, -0.05) is 18.2 Å². The number of aromatic nitrogens is 1. The first-order valence-electron chi connectivity index (χ1n) is 7.49. The molecule has 0 atom stereocenters. The molecule has 0 aliphatic heterocycles. The van der Waals surface area contributed by atoms with Gasteiger partial charge in [-0.25, -0.2) is 0 Å². The van der Waals surface area contributed by atoms with E-state index in [0.29, 0.717) is 13.2 Å². The van der Waals surface area contributed by atoms with E-state index in [0.717, 1.165) is 29.2 Å². The zero-order valence-electron chi connectivity index (χ0n) is 13.8. The van der Waals surface area contributed by atoms with Crippen molar-refractivity contribution in [1.82, 2.24) is 9.47 Å². The molecular formula is C18H24N2O2. The molecule has 0 saturated carbocycles. The minimum absolute atomic E-state index is 0.147. The zero-order chi connectivity index (χ0) is 16.1. The van der Waals surface area contributed by atoms with E-state index in [4.69, 9.17) is 4.74 Å². The summed E-state index contributed by atoms with van der Waals surface area (Å²) in [5, 5.41) is 0. The van der Waals surface area contributed by atoms with Crippen LogP contribution in [0.4, 0.5) is 0 Å². The molecule has 4 heteroatoms. The van der Waals surface area contributed by atoms with Crippen molar-refractivity contribution < 1.29 is 9.53 Å². The minimum Gasteiger partial charge on any atom is -0.383 e. The van der Waals surface area contributed by atoms with Crippen molar-refractivity contribution in [3.8, 4) is 5.69 Å². The average molecular weight is 300 g/mol. The molecule has 118 valence electrons. The maximum absolute atomic E-state index is 12.5. The number of carbonyl (C=O) groups is 1. The molecule has 1 aromatic carbocycles. The standard InChI is InChI=1S/C18H24N2O2/c1-14-12-17(18(21)13-19(3)10-11-22-4)15(2)20(14)16-8-6-5-7-9-16/h5-9,12H,10-11,13H2,1-4H3. The summed E-state index contributed by atoms with van der Waals surface area (Å²) in [5.41, 5.74) is 3.95. The van der Waals surface area contributed by atoms with E-state index < -0.39 is 0 Å². The van der Waals surface area contributed by atoms with Gasteiger partial charge in [-0.3, -0.25) is 9.69 Å². The van der Waals surface area contributed by atoms with Gasteiger partial charge in [0.15, 0.2) is 5.78 Å². The van der Waals surface area contributed by atoms with Gasteiger partial charge >= 0.3 is 0 Å². The van der Waals surface area contributed by atoms with Crippen LogP contribution in [0, 0.1) is 13.8 Å². The fourth-order valence-electron chi connectivity index (χ4n) is 2.68. The molecule has 2 aromatic rings. The number of likely N-dealkylation sites (N-methyl/N-ethyl adjacent to an activating group) is 1. The third-order valence-electron chi connectivity index (χ3n) is 3.84. The number of para-hydroxylation sites is 1. The number of aryl methyl sites for hydroxylation is 1. The molecule has 0 saturated heterocycles. The molecule has 1 aromatic heterocycles. The molecule has 0 radical (unpaired) electrons. The largest absolute Gasteiger partial charge is 0.383 e. The van der Waals surface area contributed by atoms with Crippen LogP contribution in [-0.2, 0) is 4.74 Å². The topological polar surface area (TPSA) is 34.5 Å². The lowest BCUT2D eigenvalue weighted by Crippen LogP contribution is -2.29. The second-order valence-electron chi connectivity index (χ2n) is 5.61. The Kier molecular flexibility index (Phi) is 5.52. The molecule has 0 aliphatic rings. The Bertz CT molecular complexity index is 632. The molecule has 0 aliphatic carbocycles. The molecule has 0 amide bonds. The summed E-state index contributed by atoms with van der Waals surface area (Å²) >= 11 is 0. The van der Waals surface area contributed by atoms with Crippen molar-refractivity contribution in [2.24, 2.45) is 0 Å². The SMILES string of the molecule is COCCN(C)CC(=O)c1cc(C)n(-c2ccccc2)c1C. The van der Waals surface area contributed by atoms with E-state index in [2.05, 4.69) is 16.7 Å². The van der Waals surface area contributed by atoms with Crippen molar-refractivity contribution in [3.05, 3.63) is 53.3 Å². The fraction of sp³-hybridized carbons (Fsp3) is 0.389. The molecule has 22 heavy (non-hydrogen) atoms. The lowest BCUT2D eigenvalue weighted by atomic mass is 10.1. The zero-order valence-corrected chi connectivity index (χ0v) is 13.8. The maximum Gasteiger partial charge on any atom is 0.178 e. The number of Topliss-reactive ketones (excluding diaryl/α,β-unsaturated/α-hetero) is 1. The summed E-state index contributed by atoms with van der Waals surface area (Å²) in [6.07, 6.45) is 0. The smallest absolute Gasteiger partial charge is 0.178 e. The van der Waals surface area contributed by atoms with Gasteiger partial charge < -0.3 is 9.30 Å². The lowest BCUT2D eigenvalue weighted by Gasteiger charge is -2.15. The van der Waals surface area contributed by atoms with E-state index in [9.17, 15) is 4.79 Å². The Labute approximate surface area is 132 Å². The van der Waals surface area contributed by atoms with Crippen LogP contribution in [-0.4, -0.2) is 49.1 Å². The molecule has 1 heterocycles. The Morgan fingerprint density at radius 1 is 1.23 bits per heavy atom. The number of benzene rings is 1. The molecule has 0 spiro atoms. The molecule has 0 unspecified atom stereocenters. The highest BCUT2D eigenvalue weighted by molar-refractivity contribution is 5.99. The highest BCUT2D eigenvalue weighted by atomic mass is 16.5. The Hall–Kier alpha value is -1.91. The third kappa shape index (κ3) is 3.64. The van der Waals surface area contributed by atoms with Crippen LogP contribution in [0.15, 0.2) is 36.4 Å². The number of nitrogens with zero attached hydrogens (tertiary/aromatic N) is 2. The van der Waals surface area contributed by atoms with Crippen molar-refractivity contribution in [1.29, 1.82) is 0 Å². The van der Waals surface area contributed by atoms with Gasteiger partial charge in [0.25, 0.3) is 0 Å². The average Bonchev–Trinajstić information content (AvgIpc) is 2.81. The van der Waals surface area contributed by atoms with E-state index in [1.165, 1.54) is 0 Å². The number of rotatable bonds is 7. The molecule has 4 nitrogen and oxygen atoms in total. The first-order valence-corrected chi connectivity index (χ1v) is 7.49. The molecule has 0 fully saturated rings. The quantitative estimate of drug-likeness (QED) is 0.737. The highest BCUT2D eigenvalue weighted by Gasteiger charge is 2.17. The highest BCUT2D eigenvalue weighted by Crippen LogP contribution is 2.21. The number of methoxy groups -OCH3 is 1. The number of ether oxygens (including phenoxy) is 1. The number of hydrogen-bond donors (Lipinski definition) is 0. The number of carbonyl (C=O) groups excluding carboxylic acids is 1. The summed E-state index contributed by atoms with van der Waals surface area (Å²) in [6.45, 7) is 5.82. The summed E-state index contributed by atoms with van der Waals surface area (Å²) in [4.78, 5) is 14.5. The van der Waals surface area contributed by atoms with E-state index in [1.807, 2.05) is 50.1 Å². The van der Waals surface area contributed by atoms with Crippen LogP contribution in [0.1, 0.15) is 21.7 Å². The second kappa shape index (κ2) is 7.38. The normalized spacial score (nSPS) is 11.1. The first kappa shape index (κ1) is 16.5.